The maximum absolute atomic E-state index is 5.10. The third kappa shape index (κ3) is 24.4. The minimum Gasteiger partial charge on any atom is -0.323 e. The van der Waals surface area contributed by atoms with Crippen molar-refractivity contribution in [2.24, 2.45) is 21.9 Å². The monoisotopic (exact) mass is 258 g/mol. The molecule has 0 aromatic carbocycles. The predicted octanol–water partition coefficient (Wildman–Crippen LogP) is 3.08. The average Bonchev–Trinajstić information content (AvgIpc) is 2.41. The van der Waals surface area contributed by atoms with Gasteiger partial charge in [0.1, 0.15) is 0 Å². The zero-order chi connectivity index (χ0) is 14.8. The first kappa shape index (κ1) is 22.3. The summed E-state index contributed by atoms with van der Waals surface area (Å²) in [5.74, 6) is 5.98. The molecule has 3 N–H and O–H groups in total. The Labute approximate surface area is 114 Å². The third-order valence-electron chi connectivity index (χ3n) is 1.93. The molecular weight excluding hydrogens is 224 g/mol. The van der Waals surface area contributed by atoms with Crippen molar-refractivity contribution in [1.82, 2.24) is 5.32 Å². The molecule has 0 saturated carbocycles. The molecule has 0 spiro atoms. The van der Waals surface area contributed by atoms with Gasteiger partial charge in [-0.3, -0.25) is 4.99 Å². The minimum atomic E-state index is 0.670. The normalized spacial score (nSPS) is 10.8. The van der Waals surface area contributed by atoms with Crippen LogP contribution in [0.3, 0.4) is 0 Å². The van der Waals surface area contributed by atoms with Crippen LogP contribution >= 0.6 is 0 Å². The second-order valence-electron chi connectivity index (χ2n) is 3.99. The highest BCUT2D eigenvalue weighted by atomic mass is 15.1. The number of nitrogens with zero attached hydrogens (tertiary/aromatic N) is 2. The van der Waals surface area contributed by atoms with E-state index in [1.165, 1.54) is 6.42 Å². The van der Waals surface area contributed by atoms with Crippen LogP contribution < -0.4 is 11.2 Å². The Morgan fingerprint density at radius 3 is 2.06 bits per heavy atom. The molecule has 0 aromatic heterocycles. The molecule has 0 aliphatic rings. The van der Waals surface area contributed by atoms with Crippen molar-refractivity contribution < 1.29 is 0 Å². The van der Waals surface area contributed by atoms with E-state index in [-0.39, 0.29) is 0 Å². The first-order valence-electron chi connectivity index (χ1n) is 7.03. The molecule has 0 aliphatic carbocycles. The largest absolute Gasteiger partial charge is 0.323 e. The van der Waals surface area contributed by atoms with Crippen molar-refractivity contribution in [2.75, 3.05) is 20.1 Å². The number of hydrogen-bond acceptors (Lipinski definition) is 4. The second kappa shape index (κ2) is 21.4. The van der Waals surface area contributed by atoms with Crippen LogP contribution in [-0.2, 0) is 0 Å². The predicted molar refractivity (Wildman–Crippen MR) is 85.7 cm³/mol. The highest BCUT2D eigenvalue weighted by Crippen LogP contribution is 1.93. The molecule has 0 unspecified atom stereocenters. The van der Waals surface area contributed by atoms with Crippen LogP contribution in [0.4, 0.5) is 0 Å². The van der Waals surface area contributed by atoms with Gasteiger partial charge in [0.15, 0.2) is 0 Å². The number of rotatable bonds is 6. The standard InChI is InChI=1S/C7H16N4.C5H12.C2H6/c1-3-4-10-6-7(11-8)5-9-2;1-4-5(2)3;1-2/h6,9H,3-5,8H2,1-2H3;5H,4H2,1-3H3;1-2H3/b10-6?,11-7-;;. The molecule has 0 heterocycles. The van der Waals surface area contributed by atoms with Crippen LogP contribution in [0.1, 0.15) is 54.4 Å². The van der Waals surface area contributed by atoms with Crippen molar-refractivity contribution in [3.05, 3.63) is 0 Å². The zero-order valence-electron chi connectivity index (χ0n) is 13.5. The molecule has 4 heteroatoms. The van der Waals surface area contributed by atoms with E-state index in [0.29, 0.717) is 6.54 Å². The van der Waals surface area contributed by atoms with Crippen molar-refractivity contribution in [3.63, 3.8) is 0 Å². The first-order chi connectivity index (χ1) is 8.62. The number of nitrogens with one attached hydrogen (secondary N) is 1. The number of nitrogens with two attached hydrogens (primary N) is 1. The highest BCUT2D eigenvalue weighted by molar-refractivity contribution is 6.31. The van der Waals surface area contributed by atoms with E-state index < -0.39 is 0 Å². The molecular formula is C14H34N4. The molecule has 0 rings (SSSR count). The van der Waals surface area contributed by atoms with E-state index in [0.717, 1.165) is 24.6 Å². The van der Waals surface area contributed by atoms with Crippen molar-refractivity contribution in [2.45, 2.75) is 54.4 Å². The summed E-state index contributed by atoms with van der Waals surface area (Å²) in [5, 5.41) is 6.50. The summed E-state index contributed by atoms with van der Waals surface area (Å²) in [4.78, 5) is 4.10. The molecule has 0 aromatic rings. The molecule has 0 amide bonds. The minimum absolute atomic E-state index is 0.670. The Balaban J connectivity index is -0.000000270. The summed E-state index contributed by atoms with van der Waals surface area (Å²) in [6.07, 6.45) is 4.06. The van der Waals surface area contributed by atoms with Crippen LogP contribution in [0.5, 0.6) is 0 Å². The third-order valence-corrected chi connectivity index (χ3v) is 1.93. The molecule has 0 saturated heterocycles. The lowest BCUT2D eigenvalue weighted by atomic mass is 10.2. The van der Waals surface area contributed by atoms with E-state index in [4.69, 9.17) is 5.84 Å². The maximum Gasteiger partial charge on any atom is 0.0915 e. The SMILES string of the molecule is CC.CCC(C)C.CCCN=C/C(CNC)=N\N. The summed E-state index contributed by atoms with van der Waals surface area (Å²) >= 11 is 0. The molecule has 18 heavy (non-hydrogen) atoms. The van der Waals surface area contributed by atoms with Crippen LogP contribution in [0.2, 0.25) is 0 Å². The Bertz CT molecular complexity index is 186. The van der Waals surface area contributed by atoms with Crippen molar-refractivity contribution in [1.29, 1.82) is 0 Å². The van der Waals surface area contributed by atoms with Gasteiger partial charge in [-0.15, -0.1) is 0 Å². The fourth-order valence-electron chi connectivity index (χ4n) is 0.605. The molecule has 0 radical (unpaired) electrons. The van der Waals surface area contributed by atoms with Gasteiger partial charge in [-0.1, -0.05) is 48.0 Å². The topological polar surface area (TPSA) is 62.8 Å². The van der Waals surface area contributed by atoms with Gasteiger partial charge in [0.2, 0.25) is 0 Å². The van der Waals surface area contributed by atoms with Gasteiger partial charge in [0.05, 0.1) is 5.71 Å². The second-order valence-corrected chi connectivity index (χ2v) is 3.99. The van der Waals surface area contributed by atoms with Gasteiger partial charge in [-0.2, -0.15) is 5.10 Å². The van der Waals surface area contributed by atoms with Crippen LogP contribution in [0, 0.1) is 5.92 Å². The quantitative estimate of drug-likeness (QED) is 0.437. The molecule has 0 aliphatic heterocycles. The average molecular weight is 258 g/mol. The lowest BCUT2D eigenvalue weighted by Gasteiger charge is -1.95. The molecule has 0 atom stereocenters. The zero-order valence-corrected chi connectivity index (χ0v) is 13.5. The fourth-order valence-corrected chi connectivity index (χ4v) is 0.605. The van der Waals surface area contributed by atoms with Gasteiger partial charge in [0, 0.05) is 19.3 Å². The fraction of sp³-hybridized carbons (Fsp3) is 0.857. The van der Waals surface area contributed by atoms with E-state index in [1.54, 1.807) is 6.21 Å². The van der Waals surface area contributed by atoms with Crippen LogP contribution in [0.15, 0.2) is 10.1 Å². The van der Waals surface area contributed by atoms with Gasteiger partial charge in [-0.05, 0) is 19.4 Å². The summed E-state index contributed by atoms with van der Waals surface area (Å²) in [5.41, 5.74) is 0.779. The number of hydrogen-bond donors (Lipinski definition) is 2. The van der Waals surface area contributed by atoms with Crippen LogP contribution in [-0.4, -0.2) is 32.1 Å². The lowest BCUT2D eigenvalue weighted by Crippen LogP contribution is -2.21. The van der Waals surface area contributed by atoms with E-state index in [2.05, 4.69) is 43.1 Å². The summed E-state index contributed by atoms with van der Waals surface area (Å²) in [6, 6.07) is 0. The van der Waals surface area contributed by atoms with Gasteiger partial charge < -0.3 is 11.2 Å². The molecule has 4 nitrogen and oxygen atoms in total. The van der Waals surface area contributed by atoms with Gasteiger partial charge >= 0.3 is 0 Å². The van der Waals surface area contributed by atoms with E-state index in [1.807, 2.05) is 20.9 Å². The van der Waals surface area contributed by atoms with E-state index in [9.17, 15) is 0 Å². The first-order valence-corrected chi connectivity index (χ1v) is 7.03. The Morgan fingerprint density at radius 2 is 1.78 bits per heavy atom. The Hall–Kier alpha value is -0.900. The molecule has 0 bridgehead atoms. The summed E-state index contributed by atoms with van der Waals surface area (Å²) < 4.78 is 0. The molecule has 0 fully saturated rings. The number of hydrazone groups is 1. The Kier molecular flexibility index (Phi) is 26.5. The Morgan fingerprint density at radius 1 is 1.28 bits per heavy atom. The summed E-state index contributed by atoms with van der Waals surface area (Å²) in [6.45, 7) is 14.2. The smallest absolute Gasteiger partial charge is 0.0915 e. The van der Waals surface area contributed by atoms with Crippen molar-refractivity contribution in [3.8, 4) is 0 Å². The van der Waals surface area contributed by atoms with Gasteiger partial charge in [-0.25, -0.2) is 0 Å². The maximum atomic E-state index is 5.10. The van der Waals surface area contributed by atoms with E-state index >= 15 is 0 Å². The van der Waals surface area contributed by atoms with Crippen LogP contribution in [0.25, 0.3) is 0 Å². The van der Waals surface area contributed by atoms with Crippen molar-refractivity contribution >= 4 is 11.9 Å². The lowest BCUT2D eigenvalue weighted by molar-refractivity contribution is 0.626. The highest BCUT2D eigenvalue weighted by Gasteiger charge is 1.89. The molecule has 110 valence electrons. The summed E-state index contributed by atoms with van der Waals surface area (Å²) in [7, 11) is 1.85. The van der Waals surface area contributed by atoms with Gasteiger partial charge in [0.25, 0.3) is 0 Å². The number of aliphatic imine (C=N–C) groups is 1.